The van der Waals surface area contributed by atoms with Gasteiger partial charge in [0.1, 0.15) is 12.4 Å². The van der Waals surface area contributed by atoms with E-state index in [0.29, 0.717) is 29.6 Å². The Hall–Kier alpha value is -2.53. The molecule has 6 heteroatoms. The van der Waals surface area contributed by atoms with Crippen molar-refractivity contribution < 1.29 is 9.53 Å². The Balaban J connectivity index is 1.45. The lowest BCUT2D eigenvalue weighted by atomic mass is 9.97. The number of halogens is 1. The summed E-state index contributed by atoms with van der Waals surface area (Å²) in [7, 11) is 0. The Morgan fingerprint density at radius 2 is 2.15 bits per heavy atom. The van der Waals surface area contributed by atoms with E-state index in [1.807, 2.05) is 18.2 Å². The highest BCUT2D eigenvalue weighted by Crippen LogP contribution is 2.28. The van der Waals surface area contributed by atoms with Crippen LogP contribution in [-0.4, -0.2) is 17.6 Å². The van der Waals surface area contributed by atoms with Gasteiger partial charge in [-0.3, -0.25) is 4.98 Å². The molecule has 1 aliphatic rings. The molecule has 0 saturated carbocycles. The van der Waals surface area contributed by atoms with Crippen LogP contribution in [0.25, 0.3) is 0 Å². The second-order valence-corrected chi connectivity index (χ2v) is 6.90. The number of hydrogen-bond acceptors (Lipinski definition) is 3. The minimum atomic E-state index is -0.232. The highest BCUT2D eigenvalue weighted by molar-refractivity contribution is 6.32. The summed E-state index contributed by atoms with van der Waals surface area (Å²) in [5, 5.41) is 6.13. The van der Waals surface area contributed by atoms with Gasteiger partial charge < -0.3 is 15.4 Å². The lowest BCUT2D eigenvalue weighted by Crippen LogP contribution is -2.29. The molecule has 2 N–H and O–H groups in total. The molecule has 2 aromatic rings. The van der Waals surface area contributed by atoms with Crippen LogP contribution in [0, 0.1) is 0 Å². The van der Waals surface area contributed by atoms with Crippen molar-refractivity contribution in [2.45, 2.75) is 38.7 Å². The standard InChI is InChI=1S/C21H24ClN3O2/c22-19-14-17(9-10-20(19)27-15-18-8-4-5-12-23-18)25-21(26)24-13-11-16-6-2-1-3-7-16/h4-6,8-10,12,14H,1-3,7,11,13,15H2,(H2,24,25,26). The van der Waals surface area contributed by atoms with E-state index in [2.05, 4.69) is 21.7 Å². The van der Waals surface area contributed by atoms with E-state index in [4.69, 9.17) is 16.3 Å². The molecule has 1 aromatic heterocycles. The van der Waals surface area contributed by atoms with E-state index in [0.717, 1.165) is 25.0 Å². The van der Waals surface area contributed by atoms with Crippen molar-refractivity contribution >= 4 is 23.3 Å². The van der Waals surface area contributed by atoms with Crippen LogP contribution in [0.15, 0.2) is 54.2 Å². The second-order valence-electron chi connectivity index (χ2n) is 6.49. The van der Waals surface area contributed by atoms with Crippen molar-refractivity contribution in [3.05, 3.63) is 65.0 Å². The average Bonchev–Trinajstić information content (AvgIpc) is 2.69. The zero-order valence-corrected chi connectivity index (χ0v) is 16.0. The molecule has 142 valence electrons. The fraction of sp³-hybridized carbons (Fsp3) is 0.333. The van der Waals surface area contributed by atoms with Crippen molar-refractivity contribution in [2.24, 2.45) is 0 Å². The Labute approximate surface area is 164 Å². The average molecular weight is 386 g/mol. The molecule has 1 aromatic carbocycles. The molecule has 27 heavy (non-hydrogen) atoms. The first-order valence-corrected chi connectivity index (χ1v) is 9.63. The summed E-state index contributed by atoms with van der Waals surface area (Å²) in [5.41, 5.74) is 2.89. The van der Waals surface area contributed by atoms with Crippen molar-refractivity contribution in [3.63, 3.8) is 0 Å². The van der Waals surface area contributed by atoms with Crippen LogP contribution in [0.5, 0.6) is 5.75 Å². The number of carbonyl (C=O) groups is 1. The molecule has 0 aliphatic heterocycles. The van der Waals surface area contributed by atoms with Crippen LogP contribution in [0.3, 0.4) is 0 Å². The molecule has 0 bridgehead atoms. The Morgan fingerprint density at radius 3 is 2.89 bits per heavy atom. The predicted octanol–water partition coefficient (Wildman–Crippen LogP) is 5.33. The third kappa shape index (κ3) is 6.29. The summed E-state index contributed by atoms with van der Waals surface area (Å²) in [6, 6.07) is 10.6. The van der Waals surface area contributed by atoms with Crippen molar-refractivity contribution in [1.82, 2.24) is 10.3 Å². The highest BCUT2D eigenvalue weighted by atomic mass is 35.5. The number of amides is 2. The largest absolute Gasteiger partial charge is 0.486 e. The number of hydrogen-bond donors (Lipinski definition) is 2. The summed E-state index contributed by atoms with van der Waals surface area (Å²) in [6.45, 7) is 0.973. The molecule has 3 rings (SSSR count). The number of nitrogens with zero attached hydrogens (tertiary/aromatic N) is 1. The van der Waals surface area contributed by atoms with Gasteiger partial charge in [-0.2, -0.15) is 0 Å². The van der Waals surface area contributed by atoms with Crippen LogP contribution >= 0.6 is 11.6 Å². The number of anilines is 1. The predicted molar refractivity (Wildman–Crippen MR) is 108 cm³/mol. The van der Waals surface area contributed by atoms with Gasteiger partial charge in [0.15, 0.2) is 0 Å². The first-order chi connectivity index (χ1) is 13.2. The quantitative estimate of drug-likeness (QED) is 0.633. The number of carbonyl (C=O) groups excluding carboxylic acids is 1. The van der Waals surface area contributed by atoms with E-state index in [1.165, 1.54) is 18.4 Å². The minimum Gasteiger partial charge on any atom is -0.486 e. The molecular weight excluding hydrogens is 362 g/mol. The molecule has 0 spiro atoms. The van der Waals surface area contributed by atoms with Crippen molar-refractivity contribution in [3.8, 4) is 5.75 Å². The van der Waals surface area contributed by atoms with E-state index in [1.54, 1.807) is 24.4 Å². The van der Waals surface area contributed by atoms with Crippen LogP contribution in [-0.2, 0) is 6.61 Å². The van der Waals surface area contributed by atoms with Gasteiger partial charge in [0.2, 0.25) is 0 Å². The number of pyridine rings is 1. The number of allylic oxidation sites excluding steroid dienone is 1. The number of ether oxygens (including phenoxy) is 1. The van der Waals surface area contributed by atoms with Gasteiger partial charge in [0, 0.05) is 18.4 Å². The maximum Gasteiger partial charge on any atom is 0.319 e. The summed E-state index contributed by atoms with van der Waals surface area (Å²) in [4.78, 5) is 16.2. The van der Waals surface area contributed by atoms with Gasteiger partial charge in [-0.1, -0.05) is 29.3 Å². The number of urea groups is 1. The van der Waals surface area contributed by atoms with E-state index < -0.39 is 0 Å². The fourth-order valence-electron chi connectivity index (χ4n) is 2.97. The van der Waals surface area contributed by atoms with Gasteiger partial charge >= 0.3 is 6.03 Å². The van der Waals surface area contributed by atoms with Crippen molar-refractivity contribution in [2.75, 3.05) is 11.9 Å². The number of benzene rings is 1. The first-order valence-electron chi connectivity index (χ1n) is 9.26. The number of aromatic nitrogens is 1. The second kappa shape index (κ2) is 9.97. The number of rotatable bonds is 7. The molecule has 5 nitrogen and oxygen atoms in total. The smallest absolute Gasteiger partial charge is 0.319 e. The van der Waals surface area contributed by atoms with Crippen molar-refractivity contribution in [1.29, 1.82) is 0 Å². The molecule has 1 aliphatic carbocycles. The van der Waals surface area contributed by atoms with Gasteiger partial charge in [-0.05, 0) is 62.4 Å². The van der Waals surface area contributed by atoms with Crippen LogP contribution in [0.4, 0.5) is 10.5 Å². The van der Waals surface area contributed by atoms with E-state index in [9.17, 15) is 4.79 Å². The maximum atomic E-state index is 12.0. The molecule has 1 heterocycles. The van der Waals surface area contributed by atoms with E-state index in [-0.39, 0.29) is 6.03 Å². The molecule has 0 unspecified atom stereocenters. The first kappa shape index (κ1) is 19.2. The maximum absolute atomic E-state index is 12.0. The Bertz CT molecular complexity index is 793. The monoisotopic (exact) mass is 385 g/mol. The van der Waals surface area contributed by atoms with Gasteiger partial charge in [-0.15, -0.1) is 0 Å². The molecule has 0 fully saturated rings. The summed E-state index contributed by atoms with van der Waals surface area (Å²) in [6.07, 6.45) is 9.77. The molecule has 0 atom stereocenters. The lowest BCUT2D eigenvalue weighted by molar-refractivity contribution is 0.252. The molecule has 0 saturated heterocycles. The van der Waals surface area contributed by atoms with Crippen LogP contribution in [0.2, 0.25) is 5.02 Å². The summed E-state index contributed by atoms with van der Waals surface area (Å²) < 4.78 is 5.69. The molecular formula is C21H24ClN3O2. The van der Waals surface area contributed by atoms with E-state index >= 15 is 0 Å². The summed E-state index contributed by atoms with van der Waals surface area (Å²) in [5.74, 6) is 0.553. The zero-order valence-electron chi connectivity index (χ0n) is 15.2. The fourth-order valence-corrected chi connectivity index (χ4v) is 3.21. The van der Waals surface area contributed by atoms with Gasteiger partial charge in [0.05, 0.1) is 10.7 Å². The third-order valence-corrected chi connectivity index (χ3v) is 4.70. The van der Waals surface area contributed by atoms with Gasteiger partial charge in [-0.25, -0.2) is 4.79 Å². The van der Waals surface area contributed by atoms with Crippen LogP contribution < -0.4 is 15.4 Å². The highest BCUT2D eigenvalue weighted by Gasteiger charge is 2.08. The Morgan fingerprint density at radius 1 is 1.22 bits per heavy atom. The third-order valence-electron chi connectivity index (χ3n) is 4.41. The SMILES string of the molecule is O=C(NCCC1=CCCCC1)Nc1ccc(OCc2ccccn2)c(Cl)c1. The lowest BCUT2D eigenvalue weighted by Gasteiger charge is -2.13. The summed E-state index contributed by atoms with van der Waals surface area (Å²) >= 11 is 6.26. The Kier molecular flexibility index (Phi) is 7.11. The molecule has 2 amide bonds. The van der Waals surface area contributed by atoms with Gasteiger partial charge in [0.25, 0.3) is 0 Å². The van der Waals surface area contributed by atoms with Crippen LogP contribution in [0.1, 0.15) is 37.8 Å². The normalized spacial score (nSPS) is 13.6. The zero-order chi connectivity index (χ0) is 18.9. The topological polar surface area (TPSA) is 63.2 Å². The molecule has 0 radical (unpaired) electrons. The number of nitrogens with one attached hydrogen (secondary N) is 2. The minimum absolute atomic E-state index is 0.232.